The van der Waals surface area contributed by atoms with Crippen LogP contribution >= 0.6 is 32.5 Å². The minimum Gasteiger partial charge on any atom is -0.278 e. The largest absolute Gasteiger partial charge is 0.431 e. The Morgan fingerprint density at radius 2 is 0.545 bits per heavy atom. The third-order valence-electron chi connectivity index (χ3n) is 2.32. The van der Waals surface area contributed by atoms with Crippen LogP contribution in [0, 0.1) is 0 Å². The lowest BCUT2D eigenvalue weighted by atomic mass is 9.79. The second-order valence-electron chi connectivity index (χ2n) is 3.51. The molecule has 0 aliphatic heterocycles. The van der Waals surface area contributed by atoms with Gasteiger partial charge in [0.2, 0.25) is 0 Å². The molecule has 0 aliphatic carbocycles. The highest BCUT2D eigenvalue weighted by molar-refractivity contribution is 9.06. The predicted molar refractivity (Wildman–Crippen MR) is 49.7 cm³/mol. The normalized spacial score (nSPS) is 16.1. The van der Waals surface area contributed by atoms with E-state index >= 15 is 0 Å². The van der Waals surface area contributed by atoms with E-state index < -0.39 is 35.9 Å². The zero-order valence-corrected chi connectivity index (χ0v) is 12.3. The third kappa shape index (κ3) is 2.79. The number of rotatable bonds is 3. The van der Waals surface area contributed by atoms with Gasteiger partial charge in [-0.2, -0.15) is 52.7 Å². The van der Waals surface area contributed by atoms with Gasteiger partial charge in [0.15, 0.2) is 0 Å². The molecule has 0 rings (SSSR count). The van der Waals surface area contributed by atoms with Crippen molar-refractivity contribution in [3.8, 4) is 0 Å². The van der Waals surface area contributed by atoms with Gasteiger partial charge in [-0.1, -0.05) is 0 Å². The van der Waals surface area contributed by atoms with Crippen molar-refractivity contribution in [2.24, 2.45) is 0 Å². The fourth-order valence-corrected chi connectivity index (χ4v) is 2.59. The van der Waals surface area contributed by atoms with Crippen molar-refractivity contribution in [2.45, 2.75) is 35.9 Å². The van der Waals surface area contributed by atoms with E-state index in [0.717, 1.165) is 32.5 Å². The first-order chi connectivity index (χ1) is 9.37. The van der Waals surface area contributed by atoms with Gasteiger partial charge < -0.3 is 0 Å². The number of alkyl halides is 12. The fourth-order valence-electron chi connectivity index (χ4n) is 1.40. The second kappa shape index (κ2) is 5.84. The van der Waals surface area contributed by atoms with Crippen molar-refractivity contribution in [3.63, 3.8) is 0 Å². The first kappa shape index (κ1) is 22.0. The summed E-state index contributed by atoms with van der Waals surface area (Å²) in [6.07, 6.45) is -29.0. The van der Waals surface area contributed by atoms with Crippen LogP contribution in [0.1, 0.15) is 0 Å². The van der Waals surface area contributed by atoms with Crippen molar-refractivity contribution in [1.82, 2.24) is 0 Å². The summed E-state index contributed by atoms with van der Waals surface area (Å²) in [5, 5.41) is 0. The predicted octanol–water partition coefficient (Wildman–Crippen LogP) is 5.37. The summed E-state index contributed by atoms with van der Waals surface area (Å²) >= 11 is 1.93. The monoisotopic (exact) mass is 490 g/mol. The summed E-state index contributed by atoms with van der Waals surface area (Å²) in [5.41, 5.74) is -13.7. The van der Waals surface area contributed by atoms with E-state index in [0.29, 0.717) is 0 Å². The molecule has 0 fully saturated rings. The first-order valence-corrected chi connectivity index (χ1v) is 5.53. The average molecular weight is 492 g/mol. The summed E-state index contributed by atoms with van der Waals surface area (Å²) in [6.45, 7) is 0. The number of hydrogen-bond acceptors (Lipinski definition) is 2. The lowest BCUT2D eigenvalue weighted by molar-refractivity contribution is -0.475. The number of halogens is 14. The maximum atomic E-state index is 12.6. The lowest BCUT2D eigenvalue weighted by Crippen LogP contribution is -2.81. The van der Waals surface area contributed by atoms with Gasteiger partial charge in [0.05, 0.1) is 0 Å². The van der Waals surface area contributed by atoms with Gasteiger partial charge in [-0.3, -0.25) is 7.66 Å². The van der Waals surface area contributed by atoms with Crippen molar-refractivity contribution >= 4 is 32.5 Å². The standard InChI is InChI=1S/C6Br2F12O2/c7-21-1(3(9,10)11,4(12,13)14)2(22-8,5(15,16)17)6(18,19)20. The molecule has 0 atom stereocenters. The molecule has 134 valence electrons. The zero-order chi connectivity index (χ0) is 18.4. The van der Waals surface area contributed by atoms with E-state index in [9.17, 15) is 52.7 Å². The van der Waals surface area contributed by atoms with Crippen LogP contribution in [-0.2, 0) is 7.66 Å². The Hall–Kier alpha value is 0.0400. The molecule has 0 saturated carbocycles. The highest BCUT2D eigenvalue weighted by atomic mass is 79.9. The number of hydrogen-bond donors (Lipinski definition) is 0. The molecule has 0 amide bonds. The fraction of sp³-hybridized carbons (Fsp3) is 1.00. The molecular formula is C6Br2F12O2. The average Bonchev–Trinajstić information content (AvgIpc) is 2.17. The Kier molecular flexibility index (Phi) is 5.85. The third-order valence-corrected chi connectivity index (χ3v) is 3.30. The van der Waals surface area contributed by atoms with Crippen molar-refractivity contribution in [1.29, 1.82) is 0 Å². The molecule has 0 aliphatic rings. The SMILES string of the molecule is FC(F)(F)C(OBr)(C(F)(F)F)C(OBr)(C(F)(F)F)C(F)(F)F. The van der Waals surface area contributed by atoms with Crippen LogP contribution < -0.4 is 0 Å². The molecule has 2 nitrogen and oxygen atoms in total. The van der Waals surface area contributed by atoms with Crippen LogP contribution in [0.15, 0.2) is 0 Å². The van der Waals surface area contributed by atoms with Crippen LogP contribution in [0.3, 0.4) is 0 Å². The van der Waals surface area contributed by atoms with Gasteiger partial charge in [-0.15, -0.1) is 0 Å². The molecule has 16 heteroatoms. The molecule has 0 aromatic rings. The summed E-state index contributed by atoms with van der Waals surface area (Å²) in [5.74, 6) is 0. The van der Waals surface area contributed by atoms with Gasteiger partial charge in [-0.05, 0) is 0 Å². The molecule has 0 bridgehead atoms. The van der Waals surface area contributed by atoms with E-state index in [1.165, 1.54) is 0 Å². The Morgan fingerprint density at radius 1 is 0.409 bits per heavy atom. The van der Waals surface area contributed by atoms with Crippen molar-refractivity contribution in [3.05, 3.63) is 0 Å². The molecule has 0 spiro atoms. The van der Waals surface area contributed by atoms with Crippen LogP contribution in [-0.4, -0.2) is 35.9 Å². The topological polar surface area (TPSA) is 18.5 Å². The summed E-state index contributed by atoms with van der Waals surface area (Å²) in [4.78, 5) is 0. The highest BCUT2D eigenvalue weighted by Crippen LogP contribution is 2.64. The van der Waals surface area contributed by atoms with E-state index in [2.05, 4.69) is 7.66 Å². The van der Waals surface area contributed by atoms with E-state index in [4.69, 9.17) is 0 Å². The molecule has 0 heterocycles. The first-order valence-electron chi connectivity index (χ1n) is 4.23. The molecule has 0 N–H and O–H groups in total. The van der Waals surface area contributed by atoms with Crippen LogP contribution in [0.2, 0.25) is 0 Å². The quantitative estimate of drug-likeness (QED) is 0.494. The minimum absolute atomic E-state index is 0.965. The maximum Gasteiger partial charge on any atom is 0.431 e. The molecular weight excluding hydrogens is 492 g/mol. The summed E-state index contributed by atoms with van der Waals surface area (Å²) in [6, 6.07) is 0. The Bertz CT molecular complexity index is 326. The van der Waals surface area contributed by atoms with Crippen LogP contribution in [0.25, 0.3) is 0 Å². The highest BCUT2D eigenvalue weighted by Gasteiger charge is 2.96. The van der Waals surface area contributed by atoms with E-state index in [1.807, 2.05) is 0 Å². The Morgan fingerprint density at radius 3 is 0.591 bits per heavy atom. The van der Waals surface area contributed by atoms with Gasteiger partial charge in [0.25, 0.3) is 0 Å². The van der Waals surface area contributed by atoms with E-state index in [-0.39, 0.29) is 0 Å². The van der Waals surface area contributed by atoms with E-state index in [1.54, 1.807) is 0 Å². The maximum absolute atomic E-state index is 12.6. The molecule has 22 heavy (non-hydrogen) atoms. The zero-order valence-electron chi connectivity index (χ0n) is 9.11. The Labute approximate surface area is 129 Å². The van der Waals surface area contributed by atoms with Crippen molar-refractivity contribution in [2.75, 3.05) is 0 Å². The summed E-state index contributed by atoms with van der Waals surface area (Å²) < 4.78 is 157. The lowest BCUT2D eigenvalue weighted by Gasteiger charge is -2.47. The molecule has 0 aromatic heterocycles. The van der Waals surface area contributed by atoms with Gasteiger partial charge >= 0.3 is 35.9 Å². The molecule has 0 aromatic carbocycles. The van der Waals surface area contributed by atoms with Crippen LogP contribution in [0.4, 0.5) is 52.7 Å². The van der Waals surface area contributed by atoms with Gasteiger partial charge in [0.1, 0.15) is 32.5 Å². The molecule has 0 saturated heterocycles. The van der Waals surface area contributed by atoms with Crippen LogP contribution in [0.5, 0.6) is 0 Å². The van der Waals surface area contributed by atoms with Gasteiger partial charge in [-0.25, -0.2) is 0 Å². The smallest absolute Gasteiger partial charge is 0.278 e. The summed E-state index contributed by atoms with van der Waals surface area (Å²) in [7, 11) is 0. The van der Waals surface area contributed by atoms with Gasteiger partial charge in [0, 0.05) is 0 Å². The Balaban J connectivity index is 7.16. The van der Waals surface area contributed by atoms with Crippen molar-refractivity contribution < 1.29 is 60.3 Å². The molecule has 0 unspecified atom stereocenters. The minimum atomic E-state index is -7.24. The second-order valence-corrected chi connectivity index (χ2v) is 4.16. The molecule has 0 radical (unpaired) electrons.